The van der Waals surface area contributed by atoms with Crippen LogP contribution in [0.25, 0.3) is 21.5 Å². The minimum atomic E-state index is 0.0203. The maximum absolute atomic E-state index is 13.0. The van der Waals surface area contributed by atoms with Crippen LogP contribution in [0.1, 0.15) is 34.8 Å². The van der Waals surface area contributed by atoms with Gasteiger partial charge < -0.3 is 9.88 Å². The third kappa shape index (κ3) is 3.56. The van der Waals surface area contributed by atoms with E-state index in [0.29, 0.717) is 16.6 Å². The first-order chi connectivity index (χ1) is 14.2. The van der Waals surface area contributed by atoms with E-state index in [2.05, 4.69) is 40.4 Å². The van der Waals surface area contributed by atoms with Gasteiger partial charge in [0.2, 0.25) is 0 Å². The highest BCUT2D eigenvalue weighted by Gasteiger charge is 2.27. The van der Waals surface area contributed by atoms with Crippen molar-refractivity contribution in [1.29, 1.82) is 0 Å². The highest BCUT2D eigenvalue weighted by Crippen LogP contribution is 2.34. The number of aromatic amines is 1. The molecule has 4 nitrogen and oxygen atoms in total. The molecule has 2 aromatic carbocycles. The second-order valence-corrected chi connectivity index (χ2v) is 8.70. The Morgan fingerprint density at radius 3 is 2.79 bits per heavy atom. The lowest BCUT2D eigenvalue weighted by Crippen LogP contribution is -2.38. The van der Waals surface area contributed by atoms with Gasteiger partial charge in [-0.1, -0.05) is 41.9 Å². The van der Waals surface area contributed by atoms with Gasteiger partial charge >= 0.3 is 0 Å². The fourth-order valence-electron chi connectivity index (χ4n) is 4.11. The zero-order valence-corrected chi connectivity index (χ0v) is 17.3. The molecule has 1 fully saturated rings. The molecule has 0 aliphatic carbocycles. The molecule has 0 spiro atoms. The van der Waals surface area contributed by atoms with Crippen LogP contribution in [-0.4, -0.2) is 33.9 Å². The van der Waals surface area contributed by atoms with Crippen molar-refractivity contribution in [1.82, 2.24) is 14.9 Å². The summed E-state index contributed by atoms with van der Waals surface area (Å²) >= 11 is 7.56. The van der Waals surface area contributed by atoms with E-state index in [0.717, 1.165) is 36.5 Å². The fraction of sp³-hybridized carbons (Fsp3) is 0.217. The third-order valence-electron chi connectivity index (χ3n) is 5.64. The number of fused-ring (bicyclic) bond motifs is 1. The van der Waals surface area contributed by atoms with Gasteiger partial charge in [-0.05, 0) is 42.5 Å². The molecular formula is C23H20ClN3OS. The van der Waals surface area contributed by atoms with Crippen molar-refractivity contribution in [2.75, 3.05) is 13.1 Å². The average Bonchev–Trinajstić information content (AvgIpc) is 3.41. The Bertz CT molecular complexity index is 1170. The molecule has 29 heavy (non-hydrogen) atoms. The van der Waals surface area contributed by atoms with E-state index in [9.17, 15) is 4.79 Å². The zero-order chi connectivity index (χ0) is 19.8. The third-order valence-corrected chi connectivity index (χ3v) is 6.76. The van der Waals surface area contributed by atoms with E-state index >= 15 is 0 Å². The maximum Gasteiger partial charge on any atom is 0.273 e. The zero-order valence-electron chi connectivity index (χ0n) is 15.8. The number of rotatable bonds is 3. The molecule has 0 radical (unpaired) electrons. The Balaban J connectivity index is 1.28. The minimum absolute atomic E-state index is 0.0203. The Labute approximate surface area is 178 Å². The molecule has 1 saturated heterocycles. The number of nitrogens with one attached hydrogen (secondary N) is 1. The summed E-state index contributed by atoms with van der Waals surface area (Å²) in [6.07, 6.45) is 4.07. The van der Waals surface area contributed by atoms with Crippen LogP contribution in [0.3, 0.4) is 0 Å². The predicted molar refractivity (Wildman–Crippen MR) is 119 cm³/mol. The number of carbonyl (C=O) groups is 1. The van der Waals surface area contributed by atoms with Crippen LogP contribution in [0.4, 0.5) is 0 Å². The molecule has 4 aromatic rings. The van der Waals surface area contributed by atoms with Gasteiger partial charge in [0.1, 0.15) is 10.7 Å². The van der Waals surface area contributed by atoms with Crippen molar-refractivity contribution in [3.8, 4) is 10.6 Å². The summed E-state index contributed by atoms with van der Waals surface area (Å²) in [5, 5.41) is 4.64. The van der Waals surface area contributed by atoms with E-state index < -0.39 is 0 Å². The molecule has 0 saturated carbocycles. The van der Waals surface area contributed by atoms with Crippen molar-refractivity contribution < 1.29 is 4.79 Å². The summed E-state index contributed by atoms with van der Waals surface area (Å²) in [6.45, 7) is 1.51. The second-order valence-electron chi connectivity index (χ2n) is 7.40. The smallest absolute Gasteiger partial charge is 0.273 e. The number of carbonyl (C=O) groups excluding carboxylic acids is 1. The molecule has 1 amide bonds. The monoisotopic (exact) mass is 421 g/mol. The van der Waals surface area contributed by atoms with E-state index in [1.54, 1.807) is 0 Å². The Kier molecular flexibility index (Phi) is 4.86. The lowest BCUT2D eigenvalue weighted by molar-refractivity contribution is 0.0708. The van der Waals surface area contributed by atoms with Gasteiger partial charge in [0.05, 0.1) is 0 Å². The number of nitrogens with zero attached hydrogens (tertiary/aromatic N) is 2. The van der Waals surface area contributed by atoms with Crippen LogP contribution >= 0.6 is 22.9 Å². The molecule has 0 unspecified atom stereocenters. The second kappa shape index (κ2) is 7.65. The fourth-order valence-corrected chi connectivity index (χ4v) is 5.09. The van der Waals surface area contributed by atoms with Crippen LogP contribution in [0, 0.1) is 0 Å². The number of hydrogen-bond donors (Lipinski definition) is 1. The number of benzene rings is 2. The molecule has 6 heteroatoms. The number of aromatic nitrogens is 2. The van der Waals surface area contributed by atoms with Crippen LogP contribution in [0.5, 0.6) is 0 Å². The average molecular weight is 422 g/mol. The van der Waals surface area contributed by atoms with E-state index in [1.165, 1.54) is 27.8 Å². The molecular weight excluding hydrogens is 402 g/mol. The number of thiazole rings is 1. The van der Waals surface area contributed by atoms with Crippen LogP contribution < -0.4 is 0 Å². The van der Waals surface area contributed by atoms with Gasteiger partial charge in [-0.3, -0.25) is 4.79 Å². The standard InChI is InChI=1S/C23H20ClN3OS/c24-17-5-3-4-16(12-17)22-26-21(14-29-22)23(28)27-10-8-15(9-11-27)19-13-25-20-7-2-1-6-18(19)20/h1-7,12-15,25H,8-11H2. The highest BCUT2D eigenvalue weighted by atomic mass is 35.5. The first-order valence-corrected chi connectivity index (χ1v) is 11.0. The lowest BCUT2D eigenvalue weighted by Gasteiger charge is -2.31. The first kappa shape index (κ1) is 18.4. The van der Waals surface area contributed by atoms with Crippen molar-refractivity contribution in [2.45, 2.75) is 18.8 Å². The van der Waals surface area contributed by atoms with Gasteiger partial charge in [-0.2, -0.15) is 0 Å². The molecule has 0 atom stereocenters. The van der Waals surface area contributed by atoms with Crippen molar-refractivity contribution in [3.63, 3.8) is 0 Å². The number of hydrogen-bond acceptors (Lipinski definition) is 3. The molecule has 5 rings (SSSR count). The largest absolute Gasteiger partial charge is 0.361 e. The summed E-state index contributed by atoms with van der Waals surface area (Å²) in [7, 11) is 0. The van der Waals surface area contributed by atoms with Crippen molar-refractivity contribution >= 4 is 39.7 Å². The molecule has 1 N–H and O–H groups in total. The van der Waals surface area contributed by atoms with E-state index in [1.807, 2.05) is 34.5 Å². The lowest BCUT2D eigenvalue weighted by atomic mass is 9.89. The van der Waals surface area contributed by atoms with Crippen molar-refractivity contribution in [3.05, 3.63) is 76.4 Å². The molecule has 146 valence electrons. The van der Waals surface area contributed by atoms with E-state index in [-0.39, 0.29) is 5.91 Å². The van der Waals surface area contributed by atoms with Gasteiger partial charge in [0, 0.05) is 46.2 Å². The minimum Gasteiger partial charge on any atom is -0.361 e. The molecule has 3 heterocycles. The van der Waals surface area contributed by atoms with Gasteiger partial charge in [0.25, 0.3) is 5.91 Å². The topological polar surface area (TPSA) is 49.0 Å². The van der Waals surface area contributed by atoms with Gasteiger partial charge in [-0.25, -0.2) is 4.98 Å². The van der Waals surface area contributed by atoms with Gasteiger partial charge in [0.15, 0.2) is 0 Å². The van der Waals surface area contributed by atoms with Crippen LogP contribution in [0.15, 0.2) is 60.1 Å². The summed E-state index contributed by atoms with van der Waals surface area (Å²) in [4.78, 5) is 22.8. The van der Waals surface area contributed by atoms with E-state index in [4.69, 9.17) is 11.6 Å². The Hall–Kier alpha value is -2.63. The summed E-state index contributed by atoms with van der Waals surface area (Å²) in [5.74, 6) is 0.500. The molecule has 0 bridgehead atoms. The van der Waals surface area contributed by atoms with Crippen molar-refractivity contribution in [2.24, 2.45) is 0 Å². The number of likely N-dealkylation sites (tertiary alicyclic amines) is 1. The summed E-state index contributed by atoms with van der Waals surface area (Å²) in [5.41, 5.74) is 4.01. The molecule has 2 aromatic heterocycles. The van der Waals surface area contributed by atoms with Gasteiger partial charge in [-0.15, -0.1) is 11.3 Å². The maximum atomic E-state index is 13.0. The number of amides is 1. The summed E-state index contributed by atoms with van der Waals surface area (Å²) < 4.78 is 0. The Morgan fingerprint density at radius 1 is 1.14 bits per heavy atom. The normalized spacial score (nSPS) is 15.1. The number of para-hydroxylation sites is 1. The number of H-pyrrole nitrogens is 1. The van der Waals surface area contributed by atoms with Crippen LogP contribution in [-0.2, 0) is 0 Å². The predicted octanol–water partition coefficient (Wildman–Crippen LogP) is 5.96. The first-order valence-electron chi connectivity index (χ1n) is 9.76. The van der Waals surface area contributed by atoms with Crippen LogP contribution in [0.2, 0.25) is 5.02 Å². The highest BCUT2D eigenvalue weighted by molar-refractivity contribution is 7.13. The number of piperidine rings is 1. The molecule has 1 aliphatic rings. The SMILES string of the molecule is O=C(c1csc(-c2cccc(Cl)c2)n1)N1CCC(c2c[nH]c3ccccc23)CC1. The quantitative estimate of drug-likeness (QED) is 0.443. The molecule has 1 aliphatic heterocycles. The summed E-state index contributed by atoms with van der Waals surface area (Å²) in [6, 6.07) is 16.0. The number of halogens is 1. The Morgan fingerprint density at radius 2 is 1.97 bits per heavy atom.